The summed E-state index contributed by atoms with van der Waals surface area (Å²) in [6.07, 6.45) is 1.44. The van der Waals surface area contributed by atoms with Crippen LogP contribution in [0.25, 0.3) is 0 Å². The zero-order chi connectivity index (χ0) is 6.53. The van der Waals surface area contributed by atoms with Gasteiger partial charge in [0.15, 0.2) is 0 Å². The summed E-state index contributed by atoms with van der Waals surface area (Å²) in [4.78, 5) is 5.00. The topological polar surface area (TPSA) is 21.7 Å². The van der Waals surface area contributed by atoms with Crippen molar-refractivity contribution in [1.82, 2.24) is 5.06 Å². The van der Waals surface area contributed by atoms with E-state index in [-0.39, 0.29) is 0 Å². The Morgan fingerprint density at radius 1 is 1.44 bits per heavy atom. The van der Waals surface area contributed by atoms with Gasteiger partial charge in [0.1, 0.15) is 6.26 Å². The number of hydrogen-bond donors (Lipinski definition) is 0. The normalized spacial score (nSPS) is 21.3. The lowest BCUT2D eigenvalue weighted by Crippen LogP contribution is -2.34. The highest BCUT2D eigenvalue weighted by atomic mass is 16.7. The molecule has 1 aliphatic rings. The van der Waals surface area contributed by atoms with Crippen molar-refractivity contribution in [1.29, 1.82) is 0 Å². The summed E-state index contributed by atoms with van der Waals surface area (Å²) in [6.45, 7) is 6.64. The molecule has 0 radical (unpaired) electrons. The minimum atomic E-state index is 0.758. The Bertz CT molecular complexity index is 89.1. The molecule has 52 valence electrons. The minimum Gasteiger partial charge on any atom is -0.414 e. The molecule has 3 heteroatoms. The Hall–Kier alpha value is -0.540. The predicted octanol–water partition coefficient (Wildman–Crippen LogP) is 0.394. The van der Waals surface area contributed by atoms with Crippen LogP contribution in [-0.4, -0.2) is 31.4 Å². The standard InChI is InChI=1S/C6H11NO2/c1-2-9-7-3-5-8-6-4-7/h2H,1,3-6H2. The van der Waals surface area contributed by atoms with E-state index in [4.69, 9.17) is 9.57 Å². The zero-order valence-electron chi connectivity index (χ0n) is 5.38. The smallest absolute Gasteiger partial charge is 0.104 e. The first-order chi connectivity index (χ1) is 4.43. The van der Waals surface area contributed by atoms with Crippen LogP contribution in [0.5, 0.6) is 0 Å². The highest BCUT2D eigenvalue weighted by molar-refractivity contribution is 4.55. The van der Waals surface area contributed by atoms with E-state index in [9.17, 15) is 0 Å². The molecule has 0 spiro atoms. The van der Waals surface area contributed by atoms with Crippen LogP contribution in [0, 0.1) is 0 Å². The number of hydroxylamine groups is 2. The average Bonchev–Trinajstić information content (AvgIpc) is 1.91. The maximum absolute atomic E-state index is 5.09. The average molecular weight is 129 g/mol. The molecular weight excluding hydrogens is 118 g/mol. The van der Waals surface area contributed by atoms with Gasteiger partial charge in [0, 0.05) is 0 Å². The van der Waals surface area contributed by atoms with Gasteiger partial charge in [0.2, 0.25) is 0 Å². The SMILES string of the molecule is C=CON1CCOCC1. The summed E-state index contributed by atoms with van der Waals surface area (Å²) < 4.78 is 5.09. The van der Waals surface area contributed by atoms with Crippen molar-refractivity contribution >= 4 is 0 Å². The van der Waals surface area contributed by atoms with Crippen molar-refractivity contribution in [2.24, 2.45) is 0 Å². The second-order valence-corrected chi connectivity index (χ2v) is 1.81. The fourth-order valence-corrected chi connectivity index (χ4v) is 0.757. The molecule has 0 amide bonds. The number of nitrogens with zero attached hydrogens (tertiary/aromatic N) is 1. The van der Waals surface area contributed by atoms with E-state index in [0.29, 0.717) is 0 Å². The van der Waals surface area contributed by atoms with E-state index >= 15 is 0 Å². The third kappa shape index (κ3) is 2.03. The molecule has 0 unspecified atom stereocenters. The van der Waals surface area contributed by atoms with Gasteiger partial charge in [-0.1, -0.05) is 6.58 Å². The molecule has 1 saturated heterocycles. The first kappa shape index (κ1) is 6.58. The summed E-state index contributed by atoms with van der Waals surface area (Å²) in [5.41, 5.74) is 0. The molecule has 3 nitrogen and oxygen atoms in total. The third-order valence-corrected chi connectivity index (χ3v) is 1.19. The lowest BCUT2D eigenvalue weighted by atomic mass is 10.5. The van der Waals surface area contributed by atoms with Gasteiger partial charge in [0.25, 0.3) is 0 Å². The van der Waals surface area contributed by atoms with Gasteiger partial charge in [0.05, 0.1) is 26.3 Å². The molecule has 1 aliphatic heterocycles. The quantitative estimate of drug-likeness (QED) is 0.503. The van der Waals surface area contributed by atoms with Crippen LogP contribution in [0.2, 0.25) is 0 Å². The largest absolute Gasteiger partial charge is 0.414 e. The summed E-state index contributed by atoms with van der Waals surface area (Å²) in [5, 5.41) is 1.83. The van der Waals surface area contributed by atoms with Crippen LogP contribution in [0.15, 0.2) is 12.8 Å². The fraction of sp³-hybridized carbons (Fsp3) is 0.667. The second-order valence-electron chi connectivity index (χ2n) is 1.81. The van der Waals surface area contributed by atoms with E-state index in [1.165, 1.54) is 6.26 Å². The first-order valence-electron chi connectivity index (χ1n) is 3.04. The molecule has 0 saturated carbocycles. The lowest BCUT2D eigenvalue weighted by molar-refractivity contribution is -0.150. The second kappa shape index (κ2) is 3.48. The van der Waals surface area contributed by atoms with Crippen molar-refractivity contribution < 1.29 is 9.57 Å². The first-order valence-corrected chi connectivity index (χ1v) is 3.04. The van der Waals surface area contributed by atoms with Gasteiger partial charge >= 0.3 is 0 Å². The fourth-order valence-electron chi connectivity index (χ4n) is 0.757. The molecule has 0 aliphatic carbocycles. The highest BCUT2D eigenvalue weighted by Gasteiger charge is 2.08. The zero-order valence-corrected chi connectivity index (χ0v) is 5.38. The Morgan fingerprint density at radius 2 is 2.11 bits per heavy atom. The molecule has 0 bridgehead atoms. The summed E-state index contributed by atoms with van der Waals surface area (Å²) in [7, 11) is 0. The Labute approximate surface area is 54.8 Å². The molecule has 1 fully saturated rings. The summed E-state index contributed by atoms with van der Waals surface area (Å²) in [6, 6.07) is 0. The van der Waals surface area contributed by atoms with Crippen LogP contribution in [0.4, 0.5) is 0 Å². The molecule has 0 aromatic carbocycles. The summed E-state index contributed by atoms with van der Waals surface area (Å²) in [5.74, 6) is 0. The minimum absolute atomic E-state index is 0.758. The van der Waals surface area contributed by atoms with Crippen LogP contribution in [0.1, 0.15) is 0 Å². The van der Waals surface area contributed by atoms with Gasteiger partial charge in [-0.25, -0.2) is 0 Å². The van der Waals surface area contributed by atoms with Crippen LogP contribution >= 0.6 is 0 Å². The maximum Gasteiger partial charge on any atom is 0.104 e. The Balaban J connectivity index is 2.15. The van der Waals surface area contributed by atoms with Crippen LogP contribution < -0.4 is 0 Å². The maximum atomic E-state index is 5.09. The monoisotopic (exact) mass is 129 g/mol. The van der Waals surface area contributed by atoms with Crippen molar-refractivity contribution in [3.8, 4) is 0 Å². The molecule has 0 N–H and O–H groups in total. The Kier molecular flexibility index (Phi) is 2.54. The lowest BCUT2D eigenvalue weighted by Gasteiger charge is -2.24. The Morgan fingerprint density at radius 3 is 2.67 bits per heavy atom. The molecule has 9 heavy (non-hydrogen) atoms. The van der Waals surface area contributed by atoms with Crippen LogP contribution in [-0.2, 0) is 9.57 Å². The molecule has 0 aromatic rings. The van der Waals surface area contributed by atoms with Crippen molar-refractivity contribution in [2.45, 2.75) is 0 Å². The molecular formula is C6H11NO2. The highest BCUT2D eigenvalue weighted by Crippen LogP contribution is 1.96. The van der Waals surface area contributed by atoms with Crippen molar-refractivity contribution in [3.05, 3.63) is 12.8 Å². The van der Waals surface area contributed by atoms with E-state index in [1.54, 1.807) is 0 Å². The third-order valence-electron chi connectivity index (χ3n) is 1.19. The molecule has 0 aromatic heterocycles. The number of rotatable bonds is 2. The van der Waals surface area contributed by atoms with Crippen LogP contribution in [0.3, 0.4) is 0 Å². The molecule has 1 heterocycles. The van der Waals surface area contributed by atoms with E-state index in [2.05, 4.69) is 6.58 Å². The predicted molar refractivity (Wildman–Crippen MR) is 33.7 cm³/mol. The van der Waals surface area contributed by atoms with Gasteiger partial charge < -0.3 is 9.57 Å². The van der Waals surface area contributed by atoms with E-state index in [0.717, 1.165) is 26.3 Å². The van der Waals surface area contributed by atoms with Gasteiger partial charge in [-0.15, -0.1) is 5.06 Å². The van der Waals surface area contributed by atoms with Gasteiger partial charge in [-0.3, -0.25) is 0 Å². The number of hydrogen-bond acceptors (Lipinski definition) is 3. The van der Waals surface area contributed by atoms with Gasteiger partial charge in [-0.2, -0.15) is 0 Å². The van der Waals surface area contributed by atoms with Gasteiger partial charge in [-0.05, 0) is 0 Å². The summed E-state index contributed by atoms with van der Waals surface area (Å²) >= 11 is 0. The molecule has 1 rings (SSSR count). The number of morpholine rings is 1. The van der Waals surface area contributed by atoms with E-state index < -0.39 is 0 Å². The van der Waals surface area contributed by atoms with Crippen molar-refractivity contribution in [2.75, 3.05) is 26.3 Å². The molecule has 0 atom stereocenters. The van der Waals surface area contributed by atoms with Crippen molar-refractivity contribution in [3.63, 3.8) is 0 Å². The number of ether oxygens (including phenoxy) is 1. The van der Waals surface area contributed by atoms with E-state index in [1.807, 2.05) is 5.06 Å².